The van der Waals surface area contributed by atoms with Crippen molar-refractivity contribution in [3.63, 3.8) is 0 Å². The number of hydrogen-bond acceptors (Lipinski definition) is 4. The first-order valence-corrected chi connectivity index (χ1v) is 5.45. The van der Waals surface area contributed by atoms with Crippen molar-refractivity contribution in [3.05, 3.63) is 23.9 Å². The number of methoxy groups -OCH3 is 1. The Labute approximate surface area is 101 Å². The number of carbonyl (C=O) groups is 1. The molecule has 1 heterocycles. The molecular weight excluding hydrogens is 218 g/mol. The molecule has 0 aliphatic rings. The number of ether oxygens (including phenoxy) is 1. The fourth-order valence-corrected chi connectivity index (χ4v) is 1.35. The number of nitrogens with zero attached hydrogens (tertiary/aromatic N) is 1. The molecule has 1 amide bonds. The van der Waals surface area contributed by atoms with Crippen molar-refractivity contribution in [2.24, 2.45) is 5.73 Å². The molecule has 0 aliphatic carbocycles. The Balaban J connectivity index is 2.47. The summed E-state index contributed by atoms with van der Waals surface area (Å²) in [5.74, 6) is 0.476. The maximum Gasteiger partial charge on any atom is 0.222 e. The number of pyridine rings is 1. The van der Waals surface area contributed by atoms with Crippen LogP contribution in [0.15, 0.2) is 18.3 Å². The van der Waals surface area contributed by atoms with Crippen LogP contribution in [0.5, 0.6) is 5.88 Å². The van der Waals surface area contributed by atoms with Crippen molar-refractivity contribution in [3.8, 4) is 5.88 Å². The monoisotopic (exact) mass is 237 g/mol. The van der Waals surface area contributed by atoms with Crippen molar-refractivity contribution in [2.75, 3.05) is 7.11 Å². The van der Waals surface area contributed by atoms with Crippen molar-refractivity contribution in [1.29, 1.82) is 0 Å². The molecule has 0 bridgehead atoms. The molecule has 0 saturated heterocycles. The van der Waals surface area contributed by atoms with Gasteiger partial charge < -0.3 is 15.8 Å². The number of hydrogen-bond donors (Lipinski definition) is 2. The van der Waals surface area contributed by atoms with Crippen LogP contribution in [0.1, 0.15) is 25.8 Å². The van der Waals surface area contributed by atoms with Crippen LogP contribution in [-0.4, -0.2) is 23.5 Å². The quantitative estimate of drug-likeness (QED) is 0.795. The fraction of sp³-hybridized carbons (Fsp3) is 0.500. The average Bonchev–Trinajstić information content (AvgIpc) is 2.24. The predicted molar refractivity (Wildman–Crippen MR) is 65.5 cm³/mol. The summed E-state index contributed by atoms with van der Waals surface area (Å²) in [4.78, 5) is 15.5. The van der Waals surface area contributed by atoms with Gasteiger partial charge in [0.05, 0.1) is 7.11 Å². The summed E-state index contributed by atoms with van der Waals surface area (Å²) < 4.78 is 5.00. The van der Waals surface area contributed by atoms with Gasteiger partial charge in [-0.2, -0.15) is 0 Å². The molecule has 3 N–H and O–H groups in total. The van der Waals surface area contributed by atoms with Crippen LogP contribution in [0, 0.1) is 0 Å². The molecule has 1 aromatic rings. The molecule has 0 fully saturated rings. The average molecular weight is 237 g/mol. The predicted octanol–water partition coefficient (Wildman–Crippen LogP) is 0.834. The van der Waals surface area contributed by atoms with Gasteiger partial charge in [0.1, 0.15) is 0 Å². The van der Waals surface area contributed by atoms with Crippen molar-refractivity contribution < 1.29 is 9.53 Å². The minimum Gasteiger partial charge on any atom is -0.481 e. The highest BCUT2D eigenvalue weighted by Gasteiger charge is 2.15. The minimum absolute atomic E-state index is 0.0618. The zero-order chi connectivity index (χ0) is 12.9. The second-order valence-corrected chi connectivity index (χ2v) is 4.65. The van der Waals surface area contributed by atoms with Gasteiger partial charge in [-0.1, -0.05) is 0 Å². The lowest BCUT2D eigenvalue weighted by Crippen LogP contribution is -2.38. The molecule has 1 aromatic heterocycles. The minimum atomic E-state index is -0.486. The lowest BCUT2D eigenvalue weighted by atomic mass is 10.0. The van der Waals surface area contributed by atoms with Crippen molar-refractivity contribution >= 4 is 5.91 Å². The number of carbonyl (C=O) groups excluding carboxylic acids is 1. The number of amides is 1. The SMILES string of the molecule is COc1cc(CNC(=O)CC(C)(C)N)ccn1. The Kier molecular flexibility index (Phi) is 4.45. The van der Waals surface area contributed by atoms with E-state index in [0.29, 0.717) is 18.8 Å². The number of nitrogens with two attached hydrogens (primary N) is 1. The van der Waals surface area contributed by atoms with Crippen LogP contribution in [0.3, 0.4) is 0 Å². The normalized spacial score (nSPS) is 11.1. The zero-order valence-electron chi connectivity index (χ0n) is 10.5. The maximum atomic E-state index is 11.5. The molecule has 0 unspecified atom stereocenters. The third-order valence-corrected chi connectivity index (χ3v) is 2.11. The summed E-state index contributed by atoms with van der Waals surface area (Å²) in [5, 5.41) is 2.80. The molecule has 17 heavy (non-hydrogen) atoms. The highest BCUT2D eigenvalue weighted by molar-refractivity contribution is 5.77. The van der Waals surface area contributed by atoms with E-state index in [-0.39, 0.29) is 5.91 Å². The molecule has 1 rings (SSSR count). The lowest BCUT2D eigenvalue weighted by Gasteiger charge is -2.17. The van der Waals surface area contributed by atoms with E-state index in [1.807, 2.05) is 19.9 Å². The van der Waals surface area contributed by atoms with Crippen molar-refractivity contribution in [1.82, 2.24) is 10.3 Å². The topological polar surface area (TPSA) is 77.2 Å². The Hall–Kier alpha value is -1.62. The Morgan fingerprint density at radius 3 is 2.88 bits per heavy atom. The maximum absolute atomic E-state index is 11.5. The summed E-state index contributed by atoms with van der Waals surface area (Å²) in [6, 6.07) is 3.62. The molecular formula is C12H19N3O2. The molecule has 0 saturated carbocycles. The molecule has 5 heteroatoms. The second kappa shape index (κ2) is 5.63. The summed E-state index contributed by atoms with van der Waals surface area (Å²) >= 11 is 0. The van der Waals surface area contributed by atoms with Crippen LogP contribution in [-0.2, 0) is 11.3 Å². The molecule has 0 spiro atoms. The molecule has 5 nitrogen and oxygen atoms in total. The molecule has 94 valence electrons. The van der Waals surface area contributed by atoms with Gasteiger partial charge in [-0.05, 0) is 25.5 Å². The van der Waals surface area contributed by atoms with Gasteiger partial charge in [-0.3, -0.25) is 4.79 Å². The summed E-state index contributed by atoms with van der Waals surface area (Å²) in [7, 11) is 1.56. The van der Waals surface area contributed by atoms with Crippen LogP contribution < -0.4 is 15.8 Å². The van der Waals surface area contributed by atoms with Crippen LogP contribution in [0.2, 0.25) is 0 Å². The Morgan fingerprint density at radius 1 is 1.59 bits per heavy atom. The van der Waals surface area contributed by atoms with E-state index < -0.39 is 5.54 Å². The van der Waals surface area contributed by atoms with Crippen LogP contribution >= 0.6 is 0 Å². The van der Waals surface area contributed by atoms with E-state index in [0.717, 1.165) is 5.56 Å². The van der Waals surface area contributed by atoms with E-state index in [9.17, 15) is 4.79 Å². The Bertz CT molecular complexity index is 386. The molecule has 0 radical (unpaired) electrons. The zero-order valence-corrected chi connectivity index (χ0v) is 10.5. The Morgan fingerprint density at radius 2 is 2.29 bits per heavy atom. The number of aromatic nitrogens is 1. The number of nitrogens with one attached hydrogen (secondary N) is 1. The first-order valence-electron chi connectivity index (χ1n) is 5.45. The first-order chi connectivity index (χ1) is 7.90. The molecule has 0 aromatic carbocycles. The fourth-order valence-electron chi connectivity index (χ4n) is 1.35. The smallest absolute Gasteiger partial charge is 0.222 e. The van der Waals surface area contributed by atoms with Crippen LogP contribution in [0.25, 0.3) is 0 Å². The highest BCUT2D eigenvalue weighted by atomic mass is 16.5. The van der Waals surface area contributed by atoms with E-state index >= 15 is 0 Å². The largest absolute Gasteiger partial charge is 0.481 e. The standard InChI is InChI=1S/C12H19N3O2/c1-12(2,13)7-10(16)15-8-9-4-5-14-11(6-9)17-3/h4-6H,7-8,13H2,1-3H3,(H,15,16). The van der Waals surface area contributed by atoms with E-state index in [1.54, 1.807) is 19.4 Å². The van der Waals surface area contributed by atoms with Crippen LogP contribution in [0.4, 0.5) is 0 Å². The van der Waals surface area contributed by atoms with Gasteiger partial charge in [0.15, 0.2) is 0 Å². The molecule has 0 aliphatic heterocycles. The molecule has 0 atom stereocenters. The summed E-state index contributed by atoms with van der Waals surface area (Å²) in [5.41, 5.74) is 6.22. The van der Waals surface area contributed by atoms with Gasteiger partial charge >= 0.3 is 0 Å². The van der Waals surface area contributed by atoms with Gasteiger partial charge in [0.25, 0.3) is 0 Å². The third-order valence-electron chi connectivity index (χ3n) is 2.11. The summed E-state index contributed by atoms with van der Waals surface area (Å²) in [6.45, 7) is 4.10. The second-order valence-electron chi connectivity index (χ2n) is 4.65. The summed E-state index contributed by atoms with van der Waals surface area (Å²) in [6.07, 6.45) is 1.95. The van der Waals surface area contributed by atoms with Gasteiger partial charge in [-0.15, -0.1) is 0 Å². The van der Waals surface area contributed by atoms with E-state index in [4.69, 9.17) is 10.5 Å². The lowest BCUT2D eigenvalue weighted by molar-refractivity contribution is -0.122. The van der Waals surface area contributed by atoms with Gasteiger partial charge in [-0.25, -0.2) is 4.98 Å². The van der Waals surface area contributed by atoms with Gasteiger partial charge in [0.2, 0.25) is 11.8 Å². The third kappa shape index (κ3) is 5.31. The van der Waals surface area contributed by atoms with Crippen molar-refractivity contribution in [2.45, 2.75) is 32.4 Å². The van der Waals surface area contributed by atoms with E-state index in [1.165, 1.54) is 0 Å². The highest BCUT2D eigenvalue weighted by Crippen LogP contribution is 2.08. The first kappa shape index (κ1) is 13.4. The number of rotatable bonds is 5. The van der Waals surface area contributed by atoms with E-state index in [2.05, 4.69) is 10.3 Å². The van der Waals surface area contributed by atoms with Gasteiger partial charge in [0, 0.05) is 30.8 Å².